The van der Waals surface area contributed by atoms with E-state index in [-0.39, 0.29) is 6.09 Å². The van der Waals surface area contributed by atoms with Crippen molar-refractivity contribution in [2.45, 2.75) is 58.4 Å². The van der Waals surface area contributed by atoms with Gasteiger partial charge in [0.05, 0.1) is 30.6 Å². The van der Waals surface area contributed by atoms with Gasteiger partial charge in [0, 0.05) is 18.5 Å². The SMILES string of the molecule is CC(C)(C)OC(=O)N1CCc2nn3c(c2C1)C(O)CC=CC3. The van der Waals surface area contributed by atoms with Crippen molar-refractivity contribution in [3.05, 3.63) is 29.1 Å². The lowest BCUT2D eigenvalue weighted by atomic mass is 10.0. The summed E-state index contributed by atoms with van der Waals surface area (Å²) in [6.45, 7) is 7.32. The molecule has 1 N–H and O–H groups in total. The predicted octanol–water partition coefficient (Wildman–Crippen LogP) is 2.17. The number of ether oxygens (including phenoxy) is 1. The molecule has 1 atom stereocenters. The smallest absolute Gasteiger partial charge is 0.410 e. The van der Waals surface area contributed by atoms with E-state index in [0.717, 1.165) is 17.0 Å². The van der Waals surface area contributed by atoms with E-state index in [4.69, 9.17) is 4.74 Å². The van der Waals surface area contributed by atoms with E-state index in [9.17, 15) is 9.90 Å². The van der Waals surface area contributed by atoms with Crippen molar-refractivity contribution in [1.82, 2.24) is 14.7 Å². The molecular formula is C16H23N3O3. The van der Waals surface area contributed by atoms with Gasteiger partial charge in [-0.2, -0.15) is 5.10 Å². The fraction of sp³-hybridized carbons (Fsp3) is 0.625. The highest BCUT2D eigenvalue weighted by atomic mass is 16.6. The van der Waals surface area contributed by atoms with Crippen LogP contribution < -0.4 is 0 Å². The molecule has 6 heteroatoms. The summed E-state index contributed by atoms with van der Waals surface area (Å²) in [6.07, 6.45) is 4.41. The Kier molecular flexibility index (Phi) is 3.72. The quantitative estimate of drug-likeness (QED) is 0.746. The van der Waals surface area contributed by atoms with Crippen molar-refractivity contribution >= 4 is 6.09 Å². The molecule has 0 aromatic carbocycles. The number of aliphatic hydroxyl groups excluding tert-OH is 1. The zero-order chi connectivity index (χ0) is 15.9. The zero-order valence-electron chi connectivity index (χ0n) is 13.4. The van der Waals surface area contributed by atoms with E-state index in [1.165, 1.54) is 0 Å². The Hall–Kier alpha value is -1.82. The van der Waals surface area contributed by atoms with Crippen molar-refractivity contribution < 1.29 is 14.6 Å². The van der Waals surface area contributed by atoms with Crippen LogP contribution in [0.4, 0.5) is 4.79 Å². The van der Waals surface area contributed by atoms with Crippen LogP contribution in [0.2, 0.25) is 0 Å². The summed E-state index contributed by atoms with van der Waals surface area (Å²) in [6, 6.07) is 0. The first-order valence-electron chi connectivity index (χ1n) is 7.74. The Morgan fingerprint density at radius 3 is 2.91 bits per heavy atom. The third-order valence-corrected chi connectivity index (χ3v) is 3.92. The normalized spacial score (nSPS) is 21.1. The molecule has 120 valence electrons. The van der Waals surface area contributed by atoms with Crippen LogP contribution in [0.1, 0.15) is 50.2 Å². The van der Waals surface area contributed by atoms with Crippen LogP contribution in [0.25, 0.3) is 0 Å². The van der Waals surface area contributed by atoms with Crippen molar-refractivity contribution in [2.24, 2.45) is 0 Å². The van der Waals surface area contributed by atoms with Crippen LogP contribution in [-0.4, -0.2) is 38.0 Å². The van der Waals surface area contributed by atoms with Gasteiger partial charge < -0.3 is 14.7 Å². The summed E-state index contributed by atoms with van der Waals surface area (Å²) in [7, 11) is 0. The summed E-state index contributed by atoms with van der Waals surface area (Å²) in [4.78, 5) is 14.0. The number of amides is 1. The summed E-state index contributed by atoms with van der Waals surface area (Å²) in [5.74, 6) is 0. The third-order valence-electron chi connectivity index (χ3n) is 3.92. The molecule has 6 nitrogen and oxygen atoms in total. The van der Waals surface area contributed by atoms with Crippen LogP contribution >= 0.6 is 0 Å². The van der Waals surface area contributed by atoms with Crippen LogP contribution in [0.15, 0.2) is 12.2 Å². The van der Waals surface area contributed by atoms with Gasteiger partial charge in [0.2, 0.25) is 0 Å². The lowest BCUT2D eigenvalue weighted by Crippen LogP contribution is -2.40. The lowest BCUT2D eigenvalue weighted by Gasteiger charge is -2.30. The minimum absolute atomic E-state index is 0.306. The molecule has 0 spiro atoms. The summed E-state index contributed by atoms with van der Waals surface area (Å²) >= 11 is 0. The predicted molar refractivity (Wildman–Crippen MR) is 81.3 cm³/mol. The molecular weight excluding hydrogens is 282 g/mol. The number of fused-ring (bicyclic) bond motifs is 3. The van der Waals surface area contributed by atoms with Gasteiger partial charge in [-0.25, -0.2) is 4.79 Å². The molecule has 0 saturated carbocycles. The van der Waals surface area contributed by atoms with Gasteiger partial charge in [-0.3, -0.25) is 4.68 Å². The highest BCUT2D eigenvalue weighted by molar-refractivity contribution is 5.68. The van der Waals surface area contributed by atoms with Crippen molar-refractivity contribution in [3.8, 4) is 0 Å². The van der Waals surface area contributed by atoms with Gasteiger partial charge in [0.15, 0.2) is 0 Å². The topological polar surface area (TPSA) is 67.6 Å². The summed E-state index contributed by atoms with van der Waals surface area (Å²) in [5, 5.41) is 14.9. The average molecular weight is 305 g/mol. The fourth-order valence-corrected chi connectivity index (χ4v) is 2.95. The standard InChI is InChI=1S/C16H23N3O3/c1-16(2,3)22-15(21)18-9-7-12-11(10-18)14-13(20)6-4-5-8-19(14)17-12/h4-5,13,20H,6-10H2,1-3H3. The first-order valence-corrected chi connectivity index (χ1v) is 7.74. The van der Waals surface area contributed by atoms with Crippen LogP contribution in [0, 0.1) is 0 Å². The Morgan fingerprint density at radius 2 is 2.18 bits per heavy atom. The largest absolute Gasteiger partial charge is 0.444 e. The summed E-state index contributed by atoms with van der Waals surface area (Å²) < 4.78 is 7.31. The monoisotopic (exact) mass is 305 g/mol. The van der Waals surface area contributed by atoms with Gasteiger partial charge in [-0.05, 0) is 27.2 Å². The number of rotatable bonds is 0. The fourth-order valence-electron chi connectivity index (χ4n) is 2.95. The molecule has 2 aliphatic heterocycles. The Labute approximate surface area is 130 Å². The third kappa shape index (κ3) is 2.88. The Bertz CT molecular complexity index is 613. The number of hydrogen-bond acceptors (Lipinski definition) is 4. The van der Waals surface area contributed by atoms with Gasteiger partial charge in [-0.15, -0.1) is 0 Å². The highest BCUT2D eigenvalue weighted by Gasteiger charge is 2.31. The number of allylic oxidation sites excluding steroid dienone is 1. The number of carbonyl (C=O) groups is 1. The zero-order valence-corrected chi connectivity index (χ0v) is 13.4. The molecule has 1 aromatic rings. The molecule has 3 heterocycles. The highest BCUT2D eigenvalue weighted by Crippen LogP contribution is 2.30. The molecule has 0 radical (unpaired) electrons. The van der Waals surface area contributed by atoms with Gasteiger partial charge in [0.1, 0.15) is 5.60 Å². The van der Waals surface area contributed by atoms with E-state index in [0.29, 0.717) is 32.5 Å². The molecule has 0 aliphatic carbocycles. The van der Waals surface area contributed by atoms with Gasteiger partial charge in [-0.1, -0.05) is 12.2 Å². The maximum absolute atomic E-state index is 12.3. The van der Waals surface area contributed by atoms with E-state index < -0.39 is 11.7 Å². The molecule has 1 unspecified atom stereocenters. The second-order valence-corrected chi connectivity index (χ2v) is 6.87. The van der Waals surface area contributed by atoms with E-state index >= 15 is 0 Å². The molecule has 0 bridgehead atoms. The van der Waals surface area contributed by atoms with Crippen LogP contribution in [-0.2, 0) is 24.2 Å². The minimum atomic E-state index is -0.561. The first kappa shape index (κ1) is 15.1. The summed E-state index contributed by atoms with van der Waals surface area (Å²) in [5.41, 5.74) is 2.31. The molecule has 3 rings (SSSR count). The van der Waals surface area contributed by atoms with E-state index in [1.54, 1.807) is 4.90 Å². The number of nitrogens with zero attached hydrogens (tertiary/aromatic N) is 3. The molecule has 0 saturated heterocycles. The lowest BCUT2D eigenvalue weighted by molar-refractivity contribution is 0.0221. The van der Waals surface area contributed by atoms with Crippen LogP contribution in [0.3, 0.4) is 0 Å². The molecule has 0 fully saturated rings. The second kappa shape index (κ2) is 5.43. The number of aliphatic hydroxyl groups is 1. The maximum atomic E-state index is 12.3. The maximum Gasteiger partial charge on any atom is 0.410 e. The number of carbonyl (C=O) groups excluding carboxylic acids is 1. The molecule has 1 amide bonds. The van der Waals surface area contributed by atoms with E-state index in [2.05, 4.69) is 5.10 Å². The van der Waals surface area contributed by atoms with Gasteiger partial charge >= 0.3 is 6.09 Å². The molecule has 2 aliphatic rings. The number of hydrogen-bond donors (Lipinski definition) is 1. The van der Waals surface area contributed by atoms with Crippen molar-refractivity contribution in [3.63, 3.8) is 0 Å². The Morgan fingerprint density at radius 1 is 1.41 bits per heavy atom. The second-order valence-electron chi connectivity index (χ2n) is 6.87. The first-order chi connectivity index (χ1) is 10.3. The van der Waals surface area contributed by atoms with Crippen LogP contribution in [0.5, 0.6) is 0 Å². The van der Waals surface area contributed by atoms with E-state index in [1.807, 2.05) is 37.6 Å². The molecule has 1 aromatic heterocycles. The molecule has 22 heavy (non-hydrogen) atoms. The average Bonchev–Trinajstić information content (AvgIpc) is 2.68. The van der Waals surface area contributed by atoms with Crippen molar-refractivity contribution in [2.75, 3.05) is 6.54 Å². The van der Waals surface area contributed by atoms with Crippen molar-refractivity contribution in [1.29, 1.82) is 0 Å². The number of aromatic nitrogens is 2. The van der Waals surface area contributed by atoms with Gasteiger partial charge in [0.25, 0.3) is 0 Å². The Balaban J connectivity index is 1.84. The minimum Gasteiger partial charge on any atom is -0.444 e.